The predicted octanol–water partition coefficient (Wildman–Crippen LogP) is 2.93. The summed E-state index contributed by atoms with van der Waals surface area (Å²) in [7, 11) is 0. The van der Waals surface area contributed by atoms with Crippen molar-refractivity contribution in [2.75, 3.05) is 31.1 Å². The average Bonchev–Trinajstić information content (AvgIpc) is 2.74. The van der Waals surface area contributed by atoms with Crippen LogP contribution in [0.1, 0.15) is 43.2 Å². The Morgan fingerprint density at radius 2 is 1.82 bits per heavy atom. The van der Waals surface area contributed by atoms with E-state index in [1.165, 1.54) is 37.7 Å². The zero-order chi connectivity index (χ0) is 19.2. The van der Waals surface area contributed by atoms with Gasteiger partial charge in [0.15, 0.2) is 0 Å². The number of phenols is 1. The van der Waals surface area contributed by atoms with Gasteiger partial charge in [0.05, 0.1) is 0 Å². The van der Waals surface area contributed by atoms with E-state index in [-0.39, 0.29) is 0 Å². The topological polar surface area (TPSA) is 64.5 Å². The molecule has 1 atom stereocenters. The summed E-state index contributed by atoms with van der Waals surface area (Å²) in [6, 6.07) is 8.06. The summed E-state index contributed by atoms with van der Waals surface area (Å²) in [5, 5.41) is 13.3. The fourth-order valence-corrected chi connectivity index (χ4v) is 4.24. The largest absolute Gasteiger partial charge is 0.508 e. The number of nitrogens with one attached hydrogen (secondary N) is 1. The van der Waals surface area contributed by atoms with Gasteiger partial charge in [0.2, 0.25) is 5.95 Å². The number of piperidine rings is 2. The first-order chi connectivity index (χ1) is 13.8. The molecule has 0 amide bonds. The molecule has 6 nitrogen and oxygen atoms in total. The van der Waals surface area contributed by atoms with Crippen LogP contribution in [0.15, 0.2) is 36.7 Å². The van der Waals surface area contributed by atoms with Crippen molar-refractivity contribution in [3.63, 3.8) is 0 Å². The van der Waals surface area contributed by atoms with Crippen molar-refractivity contribution in [2.24, 2.45) is 0 Å². The van der Waals surface area contributed by atoms with Crippen LogP contribution in [0, 0.1) is 0 Å². The van der Waals surface area contributed by atoms with Gasteiger partial charge < -0.3 is 15.3 Å². The van der Waals surface area contributed by atoms with E-state index in [1.807, 2.05) is 24.5 Å². The van der Waals surface area contributed by atoms with Crippen LogP contribution in [0.3, 0.4) is 0 Å². The van der Waals surface area contributed by atoms with E-state index in [2.05, 4.69) is 31.2 Å². The summed E-state index contributed by atoms with van der Waals surface area (Å²) in [4.78, 5) is 13.9. The maximum absolute atomic E-state index is 9.66. The summed E-state index contributed by atoms with van der Waals surface area (Å²) < 4.78 is 0. The number of nitrogens with zero attached hydrogens (tertiary/aromatic N) is 4. The predicted molar refractivity (Wildman–Crippen MR) is 111 cm³/mol. The molecule has 1 aromatic heterocycles. The number of aromatic hydroxyl groups is 1. The third-order valence-corrected chi connectivity index (χ3v) is 5.75. The SMILES string of the molecule is Oc1cccc(CN2CCCC(NCc3cnc(N4CCCCC4)nc3)C2)c1. The monoisotopic (exact) mass is 381 g/mol. The Bertz CT molecular complexity index is 745. The van der Waals surface area contributed by atoms with Gasteiger partial charge in [-0.3, -0.25) is 4.90 Å². The second-order valence-corrected chi connectivity index (χ2v) is 8.06. The van der Waals surface area contributed by atoms with Crippen LogP contribution in [0.4, 0.5) is 5.95 Å². The van der Waals surface area contributed by atoms with Gasteiger partial charge in [-0.1, -0.05) is 12.1 Å². The van der Waals surface area contributed by atoms with Gasteiger partial charge in [-0.15, -0.1) is 0 Å². The summed E-state index contributed by atoms with van der Waals surface area (Å²) >= 11 is 0. The molecule has 0 radical (unpaired) electrons. The highest BCUT2D eigenvalue weighted by atomic mass is 16.3. The molecule has 6 heteroatoms. The molecule has 2 N–H and O–H groups in total. The van der Waals surface area contributed by atoms with Gasteiger partial charge in [-0.25, -0.2) is 9.97 Å². The number of hydrogen-bond donors (Lipinski definition) is 2. The first kappa shape index (κ1) is 19.2. The zero-order valence-corrected chi connectivity index (χ0v) is 16.6. The highest BCUT2D eigenvalue weighted by molar-refractivity contribution is 5.30. The van der Waals surface area contributed by atoms with Crippen LogP contribution in [0.25, 0.3) is 0 Å². The van der Waals surface area contributed by atoms with E-state index in [9.17, 15) is 5.11 Å². The van der Waals surface area contributed by atoms with Crippen LogP contribution in [0.5, 0.6) is 5.75 Å². The van der Waals surface area contributed by atoms with Crippen molar-refractivity contribution >= 4 is 5.95 Å². The summed E-state index contributed by atoms with van der Waals surface area (Å²) in [6.45, 7) is 6.00. The molecule has 4 rings (SSSR count). The Hall–Kier alpha value is -2.18. The van der Waals surface area contributed by atoms with E-state index in [0.717, 1.165) is 50.8 Å². The number of anilines is 1. The smallest absolute Gasteiger partial charge is 0.225 e. The Kier molecular flexibility index (Phi) is 6.39. The highest BCUT2D eigenvalue weighted by Crippen LogP contribution is 2.18. The van der Waals surface area contributed by atoms with Crippen LogP contribution >= 0.6 is 0 Å². The van der Waals surface area contributed by atoms with Gasteiger partial charge in [-0.05, 0) is 56.3 Å². The standard InChI is InChI=1S/C22H31N5O/c28-21-8-4-6-18(12-21)16-26-9-5-7-20(17-26)23-13-19-14-24-22(25-15-19)27-10-2-1-3-11-27/h4,6,8,12,14-15,20,23,28H,1-3,5,7,9-11,13,16-17H2. The lowest BCUT2D eigenvalue weighted by atomic mass is 10.0. The number of hydrogen-bond acceptors (Lipinski definition) is 6. The van der Waals surface area contributed by atoms with Gasteiger partial charge in [0, 0.05) is 56.7 Å². The lowest BCUT2D eigenvalue weighted by Crippen LogP contribution is -2.45. The molecule has 2 saturated heterocycles. The van der Waals surface area contributed by atoms with Gasteiger partial charge in [-0.2, -0.15) is 0 Å². The van der Waals surface area contributed by atoms with Crippen molar-refractivity contribution in [3.8, 4) is 5.75 Å². The van der Waals surface area contributed by atoms with Crippen molar-refractivity contribution < 1.29 is 5.11 Å². The lowest BCUT2D eigenvalue weighted by molar-refractivity contribution is 0.182. The molecular formula is C22H31N5O. The quantitative estimate of drug-likeness (QED) is 0.802. The second kappa shape index (κ2) is 9.34. The minimum absolute atomic E-state index is 0.345. The van der Waals surface area contributed by atoms with Crippen molar-refractivity contribution in [2.45, 2.75) is 51.2 Å². The second-order valence-electron chi connectivity index (χ2n) is 8.06. The Morgan fingerprint density at radius 3 is 2.61 bits per heavy atom. The normalized spacial score (nSPS) is 21.0. The molecule has 0 spiro atoms. The molecule has 0 saturated carbocycles. The fourth-order valence-electron chi connectivity index (χ4n) is 4.24. The number of rotatable bonds is 6. The summed E-state index contributed by atoms with van der Waals surface area (Å²) in [5.41, 5.74) is 2.31. The maximum atomic E-state index is 9.66. The molecule has 3 heterocycles. The minimum Gasteiger partial charge on any atom is -0.508 e. The molecule has 2 fully saturated rings. The van der Waals surface area contributed by atoms with Gasteiger partial charge in [0.25, 0.3) is 0 Å². The molecule has 0 bridgehead atoms. The van der Waals surface area contributed by atoms with Crippen LogP contribution in [-0.4, -0.2) is 52.2 Å². The highest BCUT2D eigenvalue weighted by Gasteiger charge is 2.20. The van der Waals surface area contributed by atoms with Crippen LogP contribution < -0.4 is 10.2 Å². The summed E-state index contributed by atoms with van der Waals surface area (Å²) in [6.07, 6.45) is 10.1. The molecule has 2 aliphatic rings. The zero-order valence-electron chi connectivity index (χ0n) is 16.6. The van der Waals surface area contributed by atoms with Crippen molar-refractivity contribution in [3.05, 3.63) is 47.8 Å². The number of benzene rings is 1. The van der Waals surface area contributed by atoms with E-state index in [1.54, 1.807) is 6.07 Å². The summed E-state index contributed by atoms with van der Waals surface area (Å²) in [5.74, 6) is 1.22. The first-order valence-corrected chi connectivity index (χ1v) is 10.6. The molecule has 2 aromatic rings. The lowest BCUT2D eigenvalue weighted by Gasteiger charge is -2.33. The first-order valence-electron chi connectivity index (χ1n) is 10.6. The Morgan fingerprint density at radius 1 is 1.00 bits per heavy atom. The number of aromatic nitrogens is 2. The number of phenolic OH excluding ortho intramolecular Hbond substituents is 1. The molecule has 150 valence electrons. The van der Waals surface area contributed by atoms with Crippen LogP contribution in [0.2, 0.25) is 0 Å². The third kappa shape index (κ3) is 5.20. The van der Waals surface area contributed by atoms with E-state index >= 15 is 0 Å². The van der Waals surface area contributed by atoms with E-state index < -0.39 is 0 Å². The van der Waals surface area contributed by atoms with E-state index in [4.69, 9.17) is 0 Å². The molecule has 0 aliphatic carbocycles. The molecule has 1 aromatic carbocycles. The third-order valence-electron chi connectivity index (χ3n) is 5.75. The average molecular weight is 382 g/mol. The Balaban J connectivity index is 1.26. The van der Waals surface area contributed by atoms with E-state index in [0.29, 0.717) is 11.8 Å². The van der Waals surface area contributed by atoms with Gasteiger partial charge >= 0.3 is 0 Å². The molecule has 2 aliphatic heterocycles. The van der Waals surface area contributed by atoms with Crippen molar-refractivity contribution in [1.82, 2.24) is 20.2 Å². The maximum Gasteiger partial charge on any atom is 0.225 e. The number of likely N-dealkylation sites (tertiary alicyclic amines) is 1. The minimum atomic E-state index is 0.345. The Labute approximate surface area is 167 Å². The van der Waals surface area contributed by atoms with Crippen LogP contribution in [-0.2, 0) is 13.1 Å². The fraction of sp³-hybridized carbons (Fsp3) is 0.545. The van der Waals surface area contributed by atoms with Crippen molar-refractivity contribution in [1.29, 1.82) is 0 Å². The molecular weight excluding hydrogens is 350 g/mol. The molecule has 1 unspecified atom stereocenters. The molecule has 28 heavy (non-hydrogen) atoms. The van der Waals surface area contributed by atoms with Gasteiger partial charge in [0.1, 0.15) is 5.75 Å².